The molecule has 2 unspecified atom stereocenters. The second-order valence-corrected chi connectivity index (χ2v) is 10.4. The van der Waals surface area contributed by atoms with Gasteiger partial charge in [0.05, 0.1) is 23.9 Å². The Morgan fingerprint density at radius 3 is 2.70 bits per heavy atom. The van der Waals surface area contributed by atoms with Gasteiger partial charge in [0.1, 0.15) is 34.8 Å². The first-order valence-electron chi connectivity index (χ1n) is 12.8. The molecule has 9 nitrogen and oxygen atoms in total. The van der Waals surface area contributed by atoms with E-state index in [0.717, 1.165) is 22.6 Å². The van der Waals surface area contributed by atoms with Crippen LogP contribution in [0.15, 0.2) is 60.7 Å². The van der Waals surface area contributed by atoms with Crippen LogP contribution in [-0.4, -0.2) is 47.1 Å². The molecule has 3 heterocycles. The Hall–Kier alpha value is -4.44. The van der Waals surface area contributed by atoms with Crippen molar-refractivity contribution in [2.75, 3.05) is 18.1 Å². The Morgan fingerprint density at radius 2 is 2.00 bits per heavy atom. The monoisotopic (exact) mass is 560 g/mol. The Kier molecular flexibility index (Phi) is 7.44. The van der Waals surface area contributed by atoms with Crippen LogP contribution in [0.4, 0.5) is 5.13 Å². The van der Waals surface area contributed by atoms with Crippen LogP contribution in [0, 0.1) is 6.92 Å². The topological polar surface area (TPSA) is 115 Å². The summed E-state index contributed by atoms with van der Waals surface area (Å²) in [6.07, 6.45) is 2.29. The maximum absolute atomic E-state index is 13.5. The van der Waals surface area contributed by atoms with Crippen LogP contribution in [0.5, 0.6) is 11.5 Å². The highest BCUT2D eigenvalue weighted by atomic mass is 32.1. The molecule has 5 rings (SSSR count). The maximum atomic E-state index is 13.5. The van der Waals surface area contributed by atoms with Gasteiger partial charge in [0.15, 0.2) is 5.13 Å². The maximum Gasteiger partial charge on any atom is 0.350 e. The van der Waals surface area contributed by atoms with Crippen molar-refractivity contribution in [1.82, 2.24) is 4.98 Å². The number of Topliss-reactive ketones (excluding diaryl/α,β-unsaturated/α-hetero) is 1. The Labute approximate surface area is 235 Å². The van der Waals surface area contributed by atoms with E-state index in [0.29, 0.717) is 35.6 Å². The number of aliphatic hydroxyl groups excluding tert-OH is 1. The molecule has 1 aromatic heterocycles. The molecule has 3 aromatic rings. The molecule has 1 saturated heterocycles. The zero-order valence-corrected chi connectivity index (χ0v) is 23.1. The van der Waals surface area contributed by atoms with Crippen LogP contribution in [0.2, 0.25) is 0 Å². The van der Waals surface area contributed by atoms with Gasteiger partial charge >= 0.3 is 11.9 Å². The number of ketones is 1. The molecule has 2 aliphatic rings. The van der Waals surface area contributed by atoms with Gasteiger partial charge in [-0.2, -0.15) is 0 Å². The number of esters is 1. The van der Waals surface area contributed by atoms with E-state index >= 15 is 0 Å². The summed E-state index contributed by atoms with van der Waals surface area (Å²) in [6.45, 7) is 9.43. The molecule has 0 radical (unpaired) electrons. The standard InChI is InChI=1S/C30H28N2O7S/c1-5-13-38-21-10-7-18(8-11-21)24-23(25(33)19-9-12-22-20(15-19)14-16(3)39-22)26(34)28(35)32(24)30-31-17(4)27(40-30)29(36)37-6-2/h5,7-12,15-16,24,33H,1,6,13-14H2,2-4H3/b25-23+. The number of aromatic nitrogens is 1. The predicted octanol–water partition coefficient (Wildman–Crippen LogP) is 5.14. The summed E-state index contributed by atoms with van der Waals surface area (Å²) in [6, 6.07) is 11.1. The summed E-state index contributed by atoms with van der Waals surface area (Å²) >= 11 is 0.960. The van der Waals surface area contributed by atoms with Gasteiger partial charge in [0.25, 0.3) is 5.78 Å². The molecule has 0 saturated carbocycles. The number of anilines is 1. The van der Waals surface area contributed by atoms with E-state index in [1.165, 1.54) is 4.90 Å². The predicted molar refractivity (Wildman–Crippen MR) is 150 cm³/mol. The van der Waals surface area contributed by atoms with E-state index in [-0.39, 0.29) is 34.1 Å². The molecular weight excluding hydrogens is 532 g/mol. The van der Waals surface area contributed by atoms with Crippen molar-refractivity contribution in [2.24, 2.45) is 0 Å². The van der Waals surface area contributed by atoms with Crippen molar-refractivity contribution in [3.63, 3.8) is 0 Å². The van der Waals surface area contributed by atoms with Gasteiger partial charge in [-0.1, -0.05) is 36.1 Å². The number of ether oxygens (including phenoxy) is 3. The molecule has 206 valence electrons. The summed E-state index contributed by atoms with van der Waals surface area (Å²) in [5.41, 5.74) is 2.14. The average Bonchev–Trinajstić information content (AvgIpc) is 3.59. The van der Waals surface area contributed by atoms with Gasteiger partial charge in [0, 0.05) is 12.0 Å². The summed E-state index contributed by atoms with van der Waals surface area (Å²) in [5.74, 6) is -1.29. The molecular formula is C30H28N2O7S. The van der Waals surface area contributed by atoms with Crippen molar-refractivity contribution in [2.45, 2.75) is 39.3 Å². The largest absolute Gasteiger partial charge is 0.507 e. The quantitative estimate of drug-likeness (QED) is 0.132. The highest BCUT2D eigenvalue weighted by Gasteiger charge is 2.48. The number of carbonyl (C=O) groups is 3. The van der Waals surface area contributed by atoms with Crippen molar-refractivity contribution >= 4 is 39.9 Å². The Bertz CT molecular complexity index is 1540. The molecule has 2 aliphatic heterocycles. The van der Waals surface area contributed by atoms with Gasteiger partial charge in [-0.3, -0.25) is 14.5 Å². The fourth-order valence-electron chi connectivity index (χ4n) is 4.84. The lowest BCUT2D eigenvalue weighted by molar-refractivity contribution is -0.132. The minimum Gasteiger partial charge on any atom is -0.507 e. The number of carbonyl (C=O) groups excluding carboxylic acids is 3. The first-order chi connectivity index (χ1) is 19.2. The number of hydrogen-bond donors (Lipinski definition) is 1. The van der Waals surface area contributed by atoms with E-state index in [2.05, 4.69) is 11.6 Å². The van der Waals surface area contributed by atoms with Gasteiger partial charge in [0.2, 0.25) is 0 Å². The van der Waals surface area contributed by atoms with E-state index in [1.807, 2.05) is 6.92 Å². The number of rotatable bonds is 8. The second kappa shape index (κ2) is 11.0. The average molecular weight is 561 g/mol. The van der Waals surface area contributed by atoms with Crippen LogP contribution in [0.3, 0.4) is 0 Å². The van der Waals surface area contributed by atoms with Gasteiger partial charge in [-0.05, 0) is 62.2 Å². The number of amides is 1. The zero-order valence-electron chi connectivity index (χ0n) is 22.3. The SMILES string of the molecule is C=CCOc1ccc(C2/C(=C(\O)c3ccc4c(c3)CC(C)O4)C(=O)C(=O)N2c2nc(C)c(C(=O)OCC)s2)cc1. The molecule has 40 heavy (non-hydrogen) atoms. The first-order valence-corrected chi connectivity index (χ1v) is 13.6. The third kappa shape index (κ3) is 4.86. The third-order valence-corrected chi connectivity index (χ3v) is 7.77. The van der Waals surface area contributed by atoms with Crippen LogP contribution < -0.4 is 14.4 Å². The third-order valence-electron chi connectivity index (χ3n) is 6.63. The number of benzene rings is 2. The van der Waals surface area contributed by atoms with Crippen LogP contribution in [0.25, 0.3) is 5.76 Å². The second-order valence-electron chi connectivity index (χ2n) is 9.42. The van der Waals surface area contributed by atoms with E-state index in [9.17, 15) is 19.5 Å². The fourth-order valence-corrected chi connectivity index (χ4v) is 5.83. The van der Waals surface area contributed by atoms with E-state index < -0.39 is 23.7 Å². The first kappa shape index (κ1) is 27.1. The lowest BCUT2D eigenvalue weighted by Crippen LogP contribution is -2.29. The van der Waals surface area contributed by atoms with Gasteiger partial charge in [-0.15, -0.1) is 0 Å². The van der Waals surface area contributed by atoms with Crippen molar-refractivity contribution < 1.29 is 33.7 Å². The number of hydrogen-bond acceptors (Lipinski definition) is 9. The minimum absolute atomic E-state index is 0.00142. The summed E-state index contributed by atoms with van der Waals surface area (Å²) in [4.78, 5) is 45.4. The Morgan fingerprint density at radius 1 is 1.25 bits per heavy atom. The van der Waals surface area contributed by atoms with E-state index in [4.69, 9.17) is 14.2 Å². The molecule has 2 aromatic carbocycles. The van der Waals surface area contributed by atoms with Crippen molar-refractivity contribution in [3.8, 4) is 11.5 Å². The van der Waals surface area contributed by atoms with Gasteiger partial charge in [-0.25, -0.2) is 9.78 Å². The molecule has 1 amide bonds. The molecule has 0 aliphatic carbocycles. The summed E-state index contributed by atoms with van der Waals surface area (Å²) in [5, 5.41) is 11.7. The van der Waals surface area contributed by atoms with Crippen LogP contribution >= 0.6 is 11.3 Å². The van der Waals surface area contributed by atoms with E-state index in [1.54, 1.807) is 62.4 Å². The highest BCUT2D eigenvalue weighted by molar-refractivity contribution is 7.17. The molecule has 10 heteroatoms. The number of fused-ring (bicyclic) bond motifs is 1. The number of nitrogens with zero attached hydrogens (tertiary/aromatic N) is 2. The lowest BCUT2D eigenvalue weighted by atomic mass is 9.94. The molecule has 0 bridgehead atoms. The summed E-state index contributed by atoms with van der Waals surface area (Å²) < 4.78 is 16.5. The molecule has 1 fully saturated rings. The number of aryl methyl sites for hydroxylation is 1. The molecule has 1 N–H and O–H groups in total. The number of aliphatic hydroxyl groups is 1. The zero-order chi connectivity index (χ0) is 28.6. The normalized spacial score (nSPS) is 19.3. The number of thiazole rings is 1. The van der Waals surface area contributed by atoms with Gasteiger partial charge < -0.3 is 19.3 Å². The smallest absolute Gasteiger partial charge is 0.350 e. The lowest BCUT2D eigenvalue weighted by Gasteiger charge is -2.23. The van der Waals surface area contributed by atoms with Crippen molar-refractivity contribution in [1.29, 1.82) is 0 Å². The highest BCUT2D eigenvalue weighted by Crippen LogP contribution is 2.44. The van der Waals surface area contributed by atoms with Crippen molar-refractivity contribution in [3.05, 3.63) is 88.0 Å². The fraction of sp³-hybridized carbons (Fsp3) is 0.267. The molecule has 0 spiro atoms. The minimum atomic E-state index is -1.00. The van der Waals surface area contributed by atoms with Crippen LogP contribution in [-0.2, 0) is 20.7 Å². The molecule has 2 atom stereocenters. The Balaban J connectivity index is 1.64. The summed E-state index contributed by atoms with van der Waals surface area (Å²) in [7, 11) is 0. The van der Waals surface area contributed by atoms with Crippen LogP contribution in [0.1, 0.15) is 51.9 Å².